The summed E-state index contributed by atoms with van der Waals surface area (Å²) in [5, 5.41) is 2.13. The van der Waals surface area contributed by atoms with Crippen LogP contribution in [0.5, 0.6) is 0 Å². The van der Waals surface area contributed by atoms with Crippen molar-refractivity contribution in [1.29, 1.82) is 0 Å². The molecule has 56 valence electrons. The lowest BCUT2D eigenvalue weighted by Gasteiger charge is -1.95. The Morgan fingerprint density at radius 2 is 2.09 bits per heavy atom. The van der Waals surface area contributed by atoms with Crippen LogP contribution in [0.1, 0.15) is 11.1 Å². The molecule has 0 saturated heterocycles. The predicted molar refractivity (Wildman–Crippen MR) is 50.4 cm³/mol. The normalized spacial score (nSPS) is 10.7. The molecule has 0 fully saturated rings. The van der Waals surface area contributed by atoms with Crippen LogP contribution >= 0.6 is 11.3 Å². The maximum absolute atomic E-state index is 2.25. The largest absolute Gasteiger partial charge is 0.144 e. The van der Waals surface area contributed by atoms with E-state index in [1.165, 1.54) is 21.6 Å². The minimum atomic E-state index is 1.38. The van der Waals surface area contributed by atoms with E-state index in [-0.39, 0.29) is 0 Å². The van der Waals surface area contributed by atoms with E-state index in [1.54, 1.807) is 0 Å². The lowest BCUT2D eigenvalue weighted by Crippen LogP contribution is -1.70. The van der Waals surface area contributed by atoms with Gasteiger partial charge in [-0.1, -0.05) is 18.2 Å². The molecule has 0 saturated carbocycles. The van der Waals surface area contributed by atoms with Gasteiger partial charge in [0, 0.05) is 4.88 Å². The first-order valence-electron chi connectivity index (χ1n) is 3.72. The Labute approximate surface area is 70.8 Å². The minimum absolute atomic E-state index is 1.38. The molecule has 0 bridgehead atoms. The van der Waals surface area contributed by atoms with Crippen LogP contribution in [0.25, 0.3) is 10.4 Å². The molecule has 0 aromatic heterocycles. The summed E-state index contributed by atoms with van der Waals surface area (Å²) in [5.41, 5.74) is 4.22. The van der Waals surface area contributed by atoms with Crippen molar-refractivity contribution in [3.8, 4) is 10.4 Å². The molecular weight excluding hydrogens is 152 g/mol. The molecule has 0 amide bonds. The summed E-state index contributed by atoms with van der Waals surface area (Å²) < 4.78 is 0. The van der Waals surface area contributed by atoms with Crippen LogP contribution in [0.2, 0.25) is 0 Å². The van der Waals surface area contributed by atoms with Gasteiger partial charge < -0.3 is 0 Å². The fourth-order valence-electron chi connectivity index (χ4n) is 1.33. The van der Waals surface area contributed by atoms with Gasteiger partial charge >= 0.3 is 0 Å². The van der Waals surface area contributed by atoms with E-state index in [2.05, 4.69) is 37.4 Å². The van der Waals surface area contributed by atoms with E-state index < -0.39 is 0 Å². The molecule has 11 heavy (non-hydrogen) atoms. The van der Waals surface area contributed by atoms with Crippen molar-refractivity contribution in [2.24, 2.45) is 0 Å². The van der Waals surface area contributed by atoms with Crippen LogP contribution < -0.4 is 0 Å². The van der Waals surface area contributed by atoms with Gasteiger partial charge in [-0.15, -0.1) is 11.3 Å². The molecule has 1 heteroatoms. The average Bonchev–Trinajstić information content (AvgIpc) is 2.30. The molecule has 0 aromatic rings. The fourth-order valence-corrected chi connectivity index (χ4v) is 2.23. The van der Waals surface area contributed by atoms with Gasteiger partial charge in [-0.05, 0) is 35.9 Å². The third-order valence-electron chi connectivity index (χ3n) is 2.11. The van der Waals surface area contributed by atoms with Gasteiger partial charge in [-0.2, -0.15) is 0 Å². The second kappa shape index (κ2) is 2.35. The smallest absolute Gasteiger partial charge is 0.0374 e. The Morgan fingerprint density at radius 3 is 2.82 bits per heavy atom. The van der Waals surface area contributed by atoms with Crippen LogP contribution in [0.3, 0.4) is 0 Å². The van der Waals surface area contributed by atoms with Crippen LogP contribution in [-0.2, 0) is 0 Å². The highest BCUT2D eigenvalue weighted by atomic mass is 32.1. The Bertz CT molecular complexity index is 343. The van der Waals surface area contributed by atoms with Crippen LogP contribution in [0, 0.1) is 13.8 Å². The van der Waals surface area contributed by atoms with E-state index >= 15 is 0 Å². The lowest BCUT2D eigenvalue weighted by molar-refractivity contribution is 1.42. The number of hydrogen-bond acceptors (Lipinski definition) is 1. The summed E-state index contributed by atoms with van der Waals surface area (Å²) >= 11 is 1.82. The van der Waals surface area contributed by atoms with Gasteiger partial charge in [0.2, 0.25) is 0 Å². The quantitative estimate of drug-likeness (QED) is 0.556. The van der Waals surface area contributed by atoms with Crippen LogP contribution in [0.4, 0.5) is 0 Å². The topological polar surface area (TPSA) is 0 Å². The third kappa shape index (κ3) is 0.962. The molecular formula is C10H10S. The predicted octanol–water partition coefficient (Wildman–Crippen LogP) is 3.47. The number of fused-ring (bicyclic) bond motifs is 1. The Morgan fingerprint density at radius 1 is 1.27 bits per heavy atom. The summed E-state index contributed by atoms with van der Waals surface area (Å²) in [5.74, 6) is 0. The molecule has 0 radical (unpaired) electrons. The van der Waals surface area contributed by atoms with Gasteiger partial charge in [0.15, 0.2) is 0 Å². The summed E-state index contributed by atoms with van der Waals surface area (Å²) in [6, 6.07) is 6.53. The molecule has 1 aliphatic heterocycles. The highest BCUT2D eigenvalue weighted by molar-refractivity contribution is 7.13. The number of aryl methyl sites for hydroxylation is 1. The molecule has 0 nitrogen and oxygen atoms in total. The first kappa shape index (κ1) is 6.86. The monoisotopic (exact) mass is 162 g/mol. The minimum Gasteiger partial charge on any atom is -0.144 e. The number of hydrogen-bond donors (Lipinski definition) is 0. The first-order chi connectivity index (χ1) is 5.29. The summed E-state index contributed by atoms with van der Waals surface area (Å²) in [6.07, 6.45) is 0. The zero-order valence-corrected chi connectivity index (χ0v) is 7.53. The van der Waals surface area contributed by atoms with Crippen molar-refractivity contribution in [3.63, 3.8) is 0 Å². The highest BCUT2D eigenvalue weighted by Gasteiger charge is 2.08. The van der Waals surface area contributed by atoms with E-state index in [1.807, 2.05) is 11.3 Å². The zero-order valence-electron chi connectivity index (χ0n) is 6.72. The first-order valence-corrected chi connectivity index (χ1v) is 4.60. The zero-order chi connectivity index (χ0) is 7.84. The molecule has 0 aromatic carbocycles. The average molecular weight is 162 g/mol. The Kier molecular flexibility index (Phi) is 1.46. The summed E-state index contributed by atoms with van der Waals surface area (Å²) in [7, 11) is 0. The molecule has 0 unspecified atom stereocenters. The second-order valence-electron chi connectivity index (χ2n) is 2.85. The van der Waals surface area contributed by atoms with Gasteiger partial charge in [-0.25, -0.2) is 0 Å². The molecule has 1 aliphatic carbocycles. The van der Waals surface area contributed by atoms with Gasteiger partial charge in [-0.3, -0.25) is 0 Å². The van der Waals surface area contributed by atoms with Gasteiger partial charge in [0.1, 0.15) is 0 Å². The molecule has 2 aliphatic rings. The maximum Gasteiger partial charge on any atom is 0.0374 e. The Balaban J connectivity index is 2.81. The van der Waals surface area contributed by atoms with Gasteiger partial charge in [0.25, 0.3) is 0 Å². The van der Waals surface area contributed by atoms with Crippen molar-refractivity contribution in [2.75, 3.05) is 0 Å². The third-order valence-corrected chi connectivity index (χ3v) is 3.18. The second-order valence-corrected chi connectivity index (χ2v) is 3.77. The van der Waals surface area contributed by atoms with Crippen molar-refractivity contribution in [1.82, 2.24) is 0 Å². The van der Waals surface area contributed by atoms with Crippen molar-refractivity contribution < 1.29 is 0 Å². The van der Waals surface area contributed by atoms with E-state index in [0.29, 0.717) is 0 Å². The molecule has 1 heterocycles. The Hall–Kier alpha value is -0.820. The number of rotatable bonds is 0. The standard InChI is InChI=1S/C10H10S/c1-7-6-9-4-3-5-11-10(9)8(7)2/h3-6H,1-2H3. The van der Waals surface area contributed by atoms with Crippen LogP contribution in [-0.4, -0.2) is 0 Å². The van der Waals surface area contributed by atoms with Gasteiger partial charge in [0.05, 0.1) is 0 Å². The SMILES string of the molecule is Cc1cc2cccsc-2c1C. The lowest BCUT2D eigenvalue weighted by atomic mass is 10.2. The molecule has 2 rings (SSSR count). The summed E-state index contributed by atoms with van der Waals surface area (Å²) in [4.78, 5) is 1.44. The van der Waals surface area contributed by atoms with E-state index in [0.717, 1.165) is 0 Å². The summed E-state index contributed by atoms with van der Waals surface area (Å²) in [6.45, 7) is 4.36. The van der Waals surface area contributed by atoms with Crippen molar-refractivity contribution in [3.05, 3.63) is 34.7 Å². The van der Waals surface area contributed by atoms with E-state index in [9.17, 15) is 0 Å². The fraction of sp³-hybridized carbons (Fsp3) is 0.200. The highest BCUT2D eigenvalue weighted by Crippen LogP contribution is 2.33. The molecule has 0 spiro atoms. The molecule has 0 N–H and O–H groups in total. The van der Waals surface area contributed by atoms with Crippen LogP contribution in [0.15, 0.2) is 23.6 Å². The molecule has 0 atom stereocenters. The van der Waals surface area contributed by atoms with Crippen molar-refractivity contribution in [2.45, 2.75) is 13.8 Å². The van der Waals surface area contributed by atoms with E-state index in [4.69, 9.17) is 0 Å². The maximum atomic E-state index is 2.25. The van der Waals surface area contributed by atoms with Crippen molar-refractivity contribution >= 4 is 11.3 Å².